The molecule has 0 bridgehead atoms. The van der Waals surface area contributed by atoms with Crippen molar-refractivity contribution >= 4 is 33.2 Å². The summed E-state index contributed by atoms with van der Waals surface area (Å²) in [5.74, 6) is -0.499. The number of amides is 2. The molecule has 2 N–H and O–H groups in total. The minimum atomic E-state index is -3.76. The molecule has 2 aromatic carbocycles. The van der Waals surface area contributed by atoms with Crippen LogP contribution in [0.5, 0.6) is 5.75 Å². The predicted octanol–water partition coefficient (Wildman–Crippen LogP) is 3.97. The molecule has 3 aromatic rings. The predicted molar refractivity (Wildman–Crippen MR) is 127 cm³/mol. The summed E-state index contributed by atoms with van der Waals surface area (Å²) in [6, 6.07) is 16.0. The summed E-state index contributed by atoms with van der Waals surface area (Å²) >= 11 is 0. The number of carbonyl (C=O) groups excluding carboxylic acids is 2. The van der Waals surface area contributed by atoms with Crippen LogP contribution in [0.15, 0.2) is 70.2 Å². The third-order valence-electron chi connectivity index (χ3n) is 5.47. The van der Waals surface area contributed by atoms with E-state index in [9.17, 15) is 18.0 Å². The highest BCUT2D eigenvalue weighted by Crippen LogP contribution is 2.25. The summed E-state index contributed by atoms with van der Waals surface area (Å²) in [4.78, 5) is 25.1. The van der Waals surface area contributed by atoms with Crippen LogP contribution >= 0.6 is 0 Å². The van der Waals surface area contributed by atoms with Crippen LogP contribution in [0.25, 0.3) is 0 Å². The third kappa shape index (κ3) is 5.13. The van der Waals surface area contributed by atoms with Gasteiger partial charge in [-0.15, -0.1) is 0 Å². The van der Waals surface area contributed by atoms with Gasteiger partial charge in [-0.3, -0.25) is 9.59 Å². The molecule has 1 aliphatic heterocycles. The van der Waals surface area contributed by atoms with E-state index >= 15 is 0 Å². The number of nitrogens with zero attached hydrogens (tertiary/aromatic N) is 1. The molecule has 0 radical (unpaired) electrons. The Hall–Kier alpha value is -3.63. The summed E-state index contributed by atoms with van der Waals surface area (Å²) in [6.45, 7) is 0.892. The van der Waals surface area contributed by atoms with Gasteiger partial charge in [-0.1, -0.05) is 18.6 Å². The zero-order valence-electron chi connectivity index (χ0n) is 18.6. The summed E-state index contributed by atoms with van der Waals surface area (Å²) in [7, 11) is -2.24. The van der Waals surface area contributed by atoms with Gasteiger partial charge < -0.3 is 19.8 Å². The number of benzene rings is 2. The van der Waals surface area contributed by atoms with Crippen LogP contribution in [0, 0.1) is 0 Å². The lowest BCUT2D eigenvalue weighted by atomic mass is 10.2. The SMILES string of the molecule is COc1ccccc1NC(=O)c1ccc(NC(=O)c2ccc(S(=O)(=O)N3CCCCC3)o2)cc1. The van der Waals surface area contributed by atoms with Crippen molar-refractivity contribution in [2.45, 2.75) is 24.4 Å². The summed E-state index contributed by atoms with van der Waals surface area (Å²) in [5.41, 5.74) is 1.35. The van der Waals surface area contributed by atoms with Crippen molar-refractivity contribution in [2.24, 2.45) is 0 Å². The molecule has 2 heterocycles. The Morgan fingerprint density at radius 2 is 1.59 bits per heavy atom. The Morgan fingerprint density at radius 3 is 2.29 bits per heavy atom. The van der Waals surface area contributed by atoms with E-state index in [0.29, 0.717) is 35.8 Å². The number of rotatable bonds is 7. The van der Waals surface area contributed by atoms with E-state index < -0.39 is 15.9 Å². The minimum Gasteiger partial charge on any atom is -0.495 e. The first-order valence-electron chi connectivity index (χ1n) is 10.8. The fourth-order valence-corrected chi connectivity index (χ4v) is 5.08. The smallest absolute Gasteiger partial charge is 0.291 e. The quantitative estimate of drug-likeness (QED) is 0.525. The Morgan fingerprint density at radius 1 is 0.882 bits per heavy atom. The van der Waals surface area contributed by atoms with Crippen molar-refractivity contribution < 1.29 is 27.2 Å². The number of sulfonamides is 1. The van der Waals surface area contributed by atoms with Gasteiger partial charge in [0, 0.05) is 24.3 Å². The summed E-state index contributed by atoms with van der Waals surface area (Å²) < 4.78 is 37.4. The second-order valence-corrected chi connectivity index (χ2v) is 9.64. The molecule has 1 aliphatic rings. The molecule has 0 atom stereocenters. The zero-order chi connectivity index (χ0) is 24.1. The van der Waals surface area contributed by atoms with E-state index in [2.05, 4.69) is 10.6 Å². The molecule has 2 amide bonds. The highest BCUT2D eigenvalue weighted by atomic mass is 32.2. The molecular weight excluding hydrogens is 458 g/mol. The lowest BCUT2D eigenvalue weighted by Crippen LogP contribution is -2.35. The minimum absolute atomic E-state index is 0.117. The number of furan rings is 1. The molecule has 10 heteroatoms. The van der Waals surface area contributed by atoms with E-state index in [1.165, 1.54) is 23.5 Å². The van der Waals surface area contributed by atoms with Crippen molar-refractivity contribution in [1.29, 1.82) is 0 Å². The number of hydrogen-bond donors (Lipinski definition) is 2. The fourth-order valence-electron chi connectivity index (χ4n) is 3.65. The van der Waals surface area contributed by atoms with Crippen LogP contribution in [0.1, 0.15) is 40.2 Å². The number of ether oxygens (including phenoxy) is 1. The van der Waals surface area contributed by atoms with Crippen LogP contribution in [0.3, 0.4) is 0 Å². The van der Waals surface area contributed by atoms with Gasteiger partial charge in [0.25, 0.3) is 21.8 Å². The van der Waals surface area contributed by atoms with Gasteiger partial charge in [-0.2, -0.15) is 4.31 Å². The topological polar surface area (TPSA) is 118 Å². The maximum atomic E-state index is 12.7. The number of piperidine rings is 1. The van der Waals surface area contributed by atoms with E-state index in [1.807, 2.05) is 0 Å². The Balaban J connectivity index is 1.40. The van der Waals surface area contributed by atoms with Crippen molar-refractivity contribution in [1.82, 2.24) is 4.31 Å². The maximum Gasteiger partial charge on any atom is 0.291 e. The lowest BCUT2D eigenvalue weighted by molar-refractivity contribution is 0.0990. The first-order chi connectivity index (χ1) is 16.4. The molecular formula is C24H25N3O6S. The Kier molecular flexibility index (Phi) is 6.99. The number of nitrogens with one attached hydrogen (secondary N) is 2. The van der Waals surface area contributed by atoms with E-state index in [0.717, 1.165) is 19.3 Å². The van der Waals surface area contributed by atoms with E-state index in [-0.39, 0.29) is 16.8 Å². The average molecular weight is 484 g/mol. The molecule has 4 rings (SSSR count). The average Bonchev–Trinajstić information content (AvgIpc) is 3.37. The summed E-state index contributed by atoms with van der Waals surface area (Å²) in [6.07, 6.45) is 2.61. The Labute approximate surface area is 197 Å². The third-order valence-corrected chi connectivity index (χ3v) is 7.25. The standard InChI is InChI=1S/C24H25N3O6S/c1-32-20-8-4-3-7-19(20)26-23(28)17-9-11-18(12-10-17)25-24(29)21-13-14-22(33-21)34(30,31)27-15-5-2-6-16-27/h3-4,7-14H,2,5-6,15-16H2,1H3,(H,25,29)(H,26,28). The van der Waals surface area contributed by atoms with Gasteiger partial charge in [0.15, 0.2) is 5.76 Å². The number of hydrogen-bond acceptors (Lipinski definition) is 6. The highest BCUT2D eigenvalue weighted by Gasteiger charge is 2.29. The van der Waals surface area contributed by atoms with E-state index in [4.69, 9.17) is 9.15 Å². The molecule has 1 saturated heterocycles. The Bertz CT molecular complexity index is 1280. The van der Waals surface area contributed by atoms with Gasteiger partial charge in [-0.25, -0.2) is 8.42 Å². The molecule has 0 saturated carbocycles. The second-order valence-electron chi connectivity index (χ2n) is 7.77. The molecule has 1 fully saturated rings. The van der Waals surface area contributed by atoms with Gasteiger partial charge in [0.1, 0.15) is 5.75 Å². The van der Waals surface area contributed by atoms with Crippen molar-refractivity contribution in [3.63, 3.8) is 0 Å². The van der Waals surface area contributed by atoms with Crippen LogP contribution in [-0.4, -0.2) is 44.7 Å². The second kappa shape index (κ2) is 10.1. The first-order valence-corrected chi connectivity index (χ1v) is 12.3. The molecule has 0 unspecified atom stereocenters. The molecule has 9 nitrogen and oxygen atoms in total. The first kappa shape index (κ1) is 23.5. The molecule has 0 aliphatic carbocycles. The van der Waals surface area contributed by atoms with Gasteiger partial charge >= 0.3 is 0 Å². The number of carbonyl (C=O) groups is 2. The number of anilines is 2. The normalized spacial score (nSPS) is 14.4. The van der Waals surface area contributed by atoms with Crippen molar-refractivity contribution in [3.8, 4) is 5.75 Å². The fraction of sp³-hybridized carbons (Fsp3) is 0.250. The monoisotopic (exact) mass is 483 g/mol. The summed E-state index contributed by atoms with van der Waals surface area (Å²) in [5, 5.41) is 5.18. The van der Waals surface area contributed by atoms with Gasteiger partial charge in [0.05, 0.1) is 12.8 Å². The molecule has 34 heavy (non-hydrogen) atoms. The van der Waals surface area contributed by atoms with Gasteiger partial charge in [-0.05, 0) is 61.4 Å². The van der Waals surface area contributed by atoms with Gasteiger partial charge in [0.2, 0.25) is 5.09 Å². The largest absolute Gasteiger partial charge is 0.495 e. The maximum absolute atomic E-state index is 12.7. The number of para-hydroxylation sites is 2. The van der Waals surface area contributed by atoms with Crippen molar-refractivity contribution in [2.75, 3.05) is 30.8 Å². The molecule has 0 spiro atoms. The van der Waals surface area contributed by atoms with Crippen LogP contribution in [0.4, 0.5) is 11.4 Å². The van der Waals surface area contributed by atoms with E-state index in [1.54, 1.807) is 48.5 Å². The number of methoxy groups -OCH3 is 1. The lowest BCUT2D eigenvalue weighted by Gasteiger charge is -2.24. The molecule has 178 valence electrons. The highest BCUT2D eigenvalue weighted by molar-refractivity contribution is 7.89. The van der Waals surface area contributed by atoms with Crippen molar-refractivity contribution in [3.05, 3.63) is 72.0 Å². The zero-order valence-corrected chi connectivity index (χ0v) is 19.4. The van der Waals surface area contributed by atoms with Crippen LogP contribution < -0.4 is 15.4 Å². The van der Waals surface area contributed by atoms with Crippen LogP contribution in [0.2, 0.25) is 0 Å². The van der Waals surface area contributed by atoms with Crippen LogP contribution in [-0.2, 0) is 10.0 Å². The molecule has 1 aromatic heterocycles.